The van der Waals surface area contributed by atoms with Crippen molar-refractivity contribution in [2.45, 2.75) is 19.0 Å². The molecule has 20 heavy (non-hydrogen) atoms. The van der Waals surface area contributed by atoms with Gasteiger partial charge in [-0.25, -0.2) is 0 Å². The first-order chi connectivity index (χ1) is 9.40. The molecule has 0 unspecified atom stereocenters. The number of hydrogen-bond acceptors (Lipinski definition) is 2. The molecule has 0 aromatic heterocycles. The smallest absolute Gasteiger partial charge is 0.274 e. The number of nitrogens with zero attached hydrogens (tertiary/aromatic N) is 1. The Morgan fingerprint density at radius 3 is 2.05 bits per heavy atom. The number of allylic oxidation sites excluding steroid dienone is 1. The van der Waals surface area contributed by atoms with E-state index in [2.05, 4.69) is 0 Å². The number of hydrogen-bond donors (Lipinski definition) is 0. The minimum absolute atomic E-state index is 0.0840. The average Bonchev–Trinajstić information content (AvgIpc) is 2.62. The second-order valence-corrected chi connectivity index (χ2v) is 4.39. The third-order valence-electron chi connectivity index (χ3n) is 2.91. The van der Waals surface area contributed by atoms with Gasteiger partial charge in [-0.3, -0.25) is 14.5 Å². The molecule has 1 aliphatic heterocycles. The van der Waals surface area contributed by atoms with E-state index in [9.17, 15) is 22.8 Å². The van der Waals surface area contributed by atoms with Crippen LogP contribution in [0.3, 0.4) is 0 Å². The molecule has 2 amide bonds. The van der Waals surface area contributed by atoms with E-state index in [1.54, 1.807) is 24.3 Å². The van der Waals surface area contributed by atoms with E-state index in [1.807, 2.05) is 0 Å². The molecule has 1 aliphatic rings. The second-order valence-electron chi connectivity index (χ2n) is 4.39. The summed E-state index contributed by atoms with van der Waals surface area (Å²) in [5.41, 5.74) is 0.688. The van der Waals surface area contributed by atoms with Gasteiger partial charge in [-0.1, -0.05) is 24.3 Å². The molecule has 1 aromatic rings. The van der Waals surface area contributed by atoms with E-state index >= 15 is 0 Å². The number of fused-ring (bicyclic) bond motifs is 1. The third kappa shape index (κ3) is 3.07. The van der Waals surface area contributed by atoms with E-state index in [0.29, 0.717) is 11.1 Å². The van der Waals surface area contributed by atoms with E-state index < -0.39 is 24.4 Å². The minimum atomic E-state index is -4.23. The fourth-order valence-electron chi connectivity index (χ4n) is 1.98. The molecule has 2 rings (SSSR count). The summed E-state index contributed by atoms with van der Waals surface area (Å²) in [6, 6.07) is 6.46. The number of imide groups is 1. The molecule has 106 valence electrons. The number of carbonyl (C=O) groups is 2. The first kappa shape index (κ1) is 14.3. The highest BCUT2D eigenvalue weighted by Crippen LogP contribution is 2.23. The monoisotopic (exact) mass is 283 g/mol. The van der Waals surface area contributed by atoms with Gasteiger partial charge in [0.15, 0.2) is 0 Å². The van der Waals surface area contributed by atoms with Gasteiger partial charge in [0, 0.05) is 6.54 Å². The van der Waals surface area contributed by atoms with E-state index in [4.69, 9.17) is 0 Å². The SMILES string of the molecule is O=C1c2ccccc2C(=O)N1CC/C=C/CC(F)(F)F. The van der Waals surface area contributed by atoms with Crippen LogP contribution < -0.4 is 0 Å². The molecular weight excluding hydrogens is 271 g/mol. The van der Waals surface area contributed by atoms with Crippen LogP contribution in [0.25, 0.3) is 0 Å². The molecule has 0 radical (unpaired) electrons. The Morgan fingerprint density at radius 2 is 1.55 bits per heavy atom. The van der Waals surface area contributed by atoms with Crippen LogP contribution in [0, 0.1) is 0 Å². The Hall–Kier alpha value is -2.11. The van der Waals surface area contributed by atoms with Gasteiger partial charge in [0.05, 0.1) is 17.5 Å². The number of amides is 2. The minimum Gasteiger partial charge on any atom is -0.274 e. The fraction of sp³-hybridized carbons (Fsp3) is 0.286. The number of rotatable bonds is 4. The summed E-state index contributed by atoms with van der Waals surface area (Å²) < 4.78 is 35.8. The van der Waals surface area contributed by atoms with Crippen molar-refractivity contribution in [3.8, 4) is 0 Å². The lowest BCUT2D eigenvalue weighted by molar-refractivity contribution is -0.125. The van der Waals surface area contributed by atoms with Crippen LogP contribution in [0.4, 0.5) is 13.2 Å². The second kappa shape index (κ2) is 5.48. The van der Waals surface area contributed by atoms with Gasteiger partial charge in [0.25, 0.3) is 11.8 Å². The molecular formula is C14H12F3NO2. The fourth-order valence-corrected chi connectivity index (χ4v) is 1.98. The summed E-state index contributed by atoms with van der Waals surface area (Å²) in [7, 11) is 0. The molecule has 0 aliphatic carbocycles. The Bertz CT molecular complexity index is 529. The number of alkyl halides is 3. The first-order valence-electron chi connectivity index (χ1n) is 6.07. The quantitative estimate of drug-likeness (QED) is 0.628. The predicted molar refractivity (Wildman–Crippen MR) is 66.2 cm³/mol. The molecule has 6 heteroatoms. The molecule has 1 aromatic carbocycles. The van der Waals surface area contributed by atoms with Crippen LogP contribution in [0.5, 0.6) is 0 Å². The van der Waals surface area contributed by atoms with Crippen molar-refractivity contribution < 1.29 is 22.8 Å². The van der Waals surface area contributed by atoms with E-state index in [1.165, 1.54) is 6.08 Å². The summed E-state index contributed by atoms with van der Waals surface area (Å²) >= 11 is 0. The zero-order valence-electron chi connectivity index (χ0n) is 10.5. The van der Waals surface area contributed by atoms with Crippen molar-refractivity contribution in [2.24, 2.45) is 0 Å². The highest BCUT2D eigenvalue weighted by atomic mass is 19.4. The summed E-state index contributed by atoms with van der Waals surface area (Å²) in [5, 5.41) is 0. The summed E-state index contributed by atoms with van der Waals surface area (Å²) in [6.45, 7) is 0.0840. The van der Waals surface area contributed by atoms with Crippen LogP contribution >= 0.6 is 0 Å². The zero-order valence-corrected chi connectivity index (χ0v) is 10.5. The van der Waals surface area contributed by atoms with Crippen molar-refractivity contribution in [1.29, 1.82) is 0 Å². The standard InChI is InChI=1S/C14H12F3NO2/c15-14(16,17)8-4-1-5-9-18-12(19)10-6-2-3-7-11(10)13(18)20/h1-4,6-7H,5,8-9H2/b4-1+. The molecule has 1 heterocycles. The average molecular weight is 283 g/mol. The van der Waals surface area contributed by atoms with Gasteiger partial charge >= 0.3 is 6.18 Å². The molecule has 3 nitrogen and oxygen atoms in total. The van der Waals surface area contributed by atoms with Crippen molar-refractivity contribution in [3.05, 3.63) is 47.5 Å². The number of benzene rings is 1. The van der Waals surface area contributed by atoms with E-state index in [-0.39, 0.29) is 13.0 Å². The van der Waals surface area contributed by atoms with Crippen LogP contribution in [-0.4, -0.2) is 29.4 Å². The van der Waals surface area contributed by atoms with Gasteiger partial charge < -0.3 is 0 Å². The molecule has 0 atom stereocenters. The summed E-state index contributed by atoms with van der Waals surface area (Å²) in [4.78, 5) is 24.9. The Kier molecular flexibility index (Phi) is 3.92. The highest BCUT2D eigenvalue weighted by Gasteiger charge is 2.34. The maximum absolute atomic E-state index is 11.9. The number of carbonyl (C=O) groups excluding carboxylic acids is 2. The van der Waals surface area contributed by atoms with E-state index in [0.717, 1.165) is 11.0 Å². The molecule has 0 saturated heterocycles. The Morgan fingerprint density at radius 1 is 1.00 bits per heavy atom. The molecule has 0 bridgehead atoms. The largest absolute Gasteiger partial charge is 0.392 e. The lowest BCUT2D eigenvalue weighted by atomic mass is 10.1. The van der Waals surface area contributed by atoms with Gasteiger partial charge in [-0.2, -0.15) is 13.2 Å². The molecule has 0 N–H and O–H groups in total. The highest BCUT2D eigenvalue weighted by molar-refractivity contribution is 6.21. The molecule has 0 spiro atoms. The van der Waals surface area contributed by atoms with Gasteiger partial charge in [-0.15, -0.1) is 0 Å². The maximum Gasteiger partial charge on any atom is 0.392 e. The first-order valence-corrected chi connectivity index (χ1v) is 6.07. The Balaban J connectivity index is 1.93. The van der Waals surface area contributed by atoms with Gasteiger partial charge in [0.2, 0.25) is 0 Å². The summed E-state index contributed by atoms with van der Waals surface area (Å²) in [6.07, 6.45) is -2.70. The van der Waals surface area contributed by atoms with Crippen LogP contribution in [0.15, 0.2) is 36.4 Å². The molecule has 0 saturated carbocycles. The molecule has 0 fully saturated rings. The van der Waals surface area contributed by atoms with Crippen molar-refractivity contribution in [3.63, 3.8) is 0 Å². The lowest BCUT2D eigenvalue weighted by Gasteiger charge is -2.11. The van der Waals surface area contributed by atoms with Crippen LogP contribution in [0.2, 0.25) is 0 Å². The van der Waals surface area contributed by atoms with Crippen molar-refractivity contribution in [2.75, 3.05) is 6.54 Å². The van der Waals surface area contributed by atoms with Crippen molar-refractivity contribution in [1.82, 2.24) is 4.90 Å². The summed E-state index contributed by atoms with van der Waals surface area (Å²) in [5.74, 6) is -0.787. The number of halogens is 3. The topological polar surface area (TPSA) is 37.4 Å². The maximum atomic E-state index is 11.9. The third-order valence-corrected chi connectivity index (χ3v) is 2.91. The van der Waals surface area contributed by atoms with Crippen LogP contribution in [0.1, 0.15) is 33.6 Å². The lowest BCUT2D eigenvalue weighted by Crippen LogP contribution is -2.30. The zero-order chi connectivity index (χ0) is 14.8. The normalized spacial score (nSPS) is 15.2. The van der Waals surface area contributed by atoms with Gasteiger partial charge in [-0.05, 0) is 18.6 Å². The van der Waals surface area contributed by atoms with Crippen LogP contribution in [-0.2, 0) is 0 Å². The Labute approximate surface area is 113 Å². The van der Waals surface area contributed by atoms with Gasteiger partial charge in [0.1, 0.15) is 0 Å². The van der Waals surface area contributed by atoms with Crippen molar-refractivity contribution >= 4 is 11.8 Å². The predicted octanol–water partition coefficient (Wildman–Crippen LogP) is 3.18.